The predicted molar refractivity (Wildman–Crippen MR) is 114 cm³/mol. The van der Waals surface area contributed by atoms with Crippen LogP contribution in [0.1, 0.15) is 39.6 Å². The topological polar surface area (TPSA) is 76.0 Å². The van der Waals surface area contributed by atoms with E-state index in [1.807, 2.05) is 13.8 Å². The van der Waals surface area contributed by atoms with Gasteiger partial charge in [0.05, 0.1) is 5.56 Å². The van der Waals surface area contributed by atoms with Crippen molar-refractivity contribution >= 4 is 22.4 Å². The molecule has 0 atom stereocenters. The fourth-order valence-electron chi connectivity index (χ4n) is 3.63. The van der Waals surface area contributed by atoms with Gasteiger partial charge in [0.2, 0.25) is 0 Å². The maximum atomic E-state index is 15.3. The van der Waals surface area contributed by atoms with Gasteiger partial charge in [0.15, 0.2) is 40.5 Å². The smallest absolute Gasteiger partial charge is 0.196 e. The van der Waals surface area contributed by atoms with Gasteiger partial charge in [-0.1, -0.05) is 11.6 Å². The van der Waals surface area contributed by atoms with E-state index in [1.54, 1.807) is 24.5 Å². The first-order valence-electron chi connectivity index (χ1n) is 9.79. The highest BCUT2D eigenvalue weighted by Crippen LogP contribution is 2.37. The lowest BCUT2D eigenvalue weighted by Gasteiger charge is -2.28. The van der Waals surface area contributed by atoms with Crippen molar-refractivity contribution in [2.75, 3.05) is 0 Å². The molecule has 32 heavy (non-hydrogen) atoms. The largest absolute Gasteiger partial charge is 0.494 e. The van der Waals surface area contributed by atoms with Gasteiger partial charge in [-0.2, -0.15) is 0 Å². The summed E-state index contributed by atoms with van der Waals surface area (Å²) in [4.78, 5) is 2.58. The van der Waals surface area contributed by atoms with E-state index in [9.17, 15) is 13.9 Å². The summed E-state index contributed by atoms with van der Waals surface area (Å²) in [5.41, 5.74) is -1.18. The van der Waals surface area contributed by atoms with E-state index in [0.29, 0.717) is 5.39 Å². The van der Waals surface area contributed by atoms with Gasteiger partial charge < -0.3 is 19.4 Å². The van der Waals surface area contributed by atoms with Gasteiger partial charge in [0.25, 0.3) is 0 Å². The average Bonchev–Trinajstić information content (AvgIpc) is 3.30. The average molecular weight is 465 g/mol. The number of aromatic nitrogens is 4. The molecule has 0 bridgehead atoms. The first-order valence-corrected chi connectivity index (χ1v) is 10.2. The molecule has 2 heterocycles. The summed E-state index contributed by atoms with van der Waals surface area (Å²) in [6.07, 6.45) is 1.36. The van der Waals surface area contributed by atoms with Crippen molar-refractivity contribution < 1.29 is 23.0 Å². The zero-order valence-electron chi connectivity index (χ0n) is 17.7. The molecule has 0 spiro atoms. The number of hydrogen-bond acceptors (Lipinski definition) is 4. The van der Waals surface area contributed by atoms with E-state index in [0.717, 1.165) is 12.1 Å². The molecule has 2 N–H and O–H groups in total. The van der Waals surface area contributed by atoms with Gasteiger partial charge >= 0.3 is 0 Å². The summed E-state index contributed by atoms with van der Waals surface area (Å²) in [5, 5.41) is 18.6. The number of benzene rings is 2. The van der Waals surface area contributed by atoms with Gasteiger partial charge in [-0.3, -0.25) is 0 Å². The van der Waals surface area contributed by atoms with Crippen molar-refractivity contribution in [1.82, 2.24) is 19.7 Å². The molecule has 2 aromatic carbocycles. The molecule has 168 valence electrons. The number of nitrogens with zero attached hydrogens (tertiary/aromatic N) is 3. The lowest BCUT2D eigenvalue weighted by Crippen LogP contribution is -2.31. The second kappa shape index (κ2) is 7.74. The quantitative estimate of drug-likeness (QED) is 0.374. The summed E-state index contributed by atoms with van der Waals surface area (Å²) in [7, 11) is 0. The van der Waals surface area contributed by atoms with E-state index < -0.39 is 28.8 Å². The number of rotatable bonds is 5. The molecule has 0 saturated heterocycles. The molecule has 2 aromatic heterocycles. The van der Waals surface area contributed by atoms with Crippen molar-refractivity contribution in [2.45, 2.75) is 39.3 Å². The minimum Gasteiger partial charge on any atom is -0.494 e. The van der Waals surface area contributed by atoms with Crippen molar-refractivity contribution in [3.63, 3.8) is 0 Å². The Labute approximate surface area is 186 Å². The minimum absolute atomic E-state index is 0.0977. The van der Waals surface area contributed by atoms with Crippen LogP contribution in [0, 0.1) is 17.5 Å². The maximum Gasteiger partial charge on any atom is 0.196 e. The van der Waals surface area contributed by atoms with Gasteiger partial charge in [-0.25, -0.2) is 13.2 Å². The van der Waals surface area contributed by atoms with Gasteiger partial charge in [-0.15, -0.1) is 10.2 Å². The number of halogens is 4. The molecule has 4 aromatic rings. The van der Waals surface area contributed by atoms with Crippen LogP contribution in [0.25, 0.3) is 22.2 Å². The Morgan fingerprint density at radius 2 is 1.75 bits per heavy atom. The van der Waals surface area contributed by atoms with E-state index in [4.69, 9.17) is 16.3 Å². The first kappa shape index (κ1) is 22.0. The Bertz CT molecular complexity index is 1310. The lowest BCUT2D eigenvalue weighted by molar-refractivity contribution is 0.0814. The Balaban J connectivity index is 1.83. The summed E-state index contributed by atoms with van der Waals surface area (Å²) >= 11 is 5.69. The number of aromatic hydroxyl groups is 1. The van der Waals surface area contributed by atoms with Crippen LogP contribution in [0.3, 0.4) is 0 Å². The third-order valence-electron chi connectivity index (χ3n) is 5.10. The number of H-pyrrole nitrogens is 1. The van der Waals surface area contributed by atoms with E-state index in [-0.39, 0.29) is 39.5 Å². The standard InChI is InChI=1S/C22H20ClF3N4O2/c1-10(2)30-19(13-6-5-12-14(17(13)26)9-27-20(12)31)28-29-21(30)22(3,4)32-18-15(24)7-11(23)8-16(18)25/h5-10,27,31H,1-4H3. The zero-order chi connectivity index (χ0) is 23.4. The fourth-order valence-corrected chi connectivity index (χ4v) is 3.83. The minimum atomic E-state index is -1.34. The molecule has 0 saturated carbocycles. The van der Waals surface area contributed by atoms with Gasteiger partial charge in [0.1, 0.15) is 5.82 Å². The van der Waals surface area contributed by atoms with Crippen LogP contribution in [-0.2, 0) is 5.60 Å². The number of nitrogens with one attached hydrogen (secondary N) is 1. The molecule has 0 radical (unpaired) electrons. The normalized spacial score (nSPS) is 12.2. The second-order valence-electron chi connectivity index (χ2n) is 8.15. The van der Waals surface area contributed by atoms with Crippen LogP contribution in [-0.4, -0.2) is 24.9 Å². The van der Waals surface area contributed by atoms with Gasteiger partial charge in [-0.05, 0) is 52.0 Å². The molecular formula is C22H20ClF3N4O2. The fraction of sp³-hybridized carbons (Fsp3) is 0.273. The van der Waals surface area contributed by atoms with Crippen LogP contribution in [0.4, 0.5) is 13.2 Å². The van der Waals surface area contributed by atoms with E-state index in [2.05, 4.69) is 15.2 Å². The van der Waals surface area contributed by atoms with Crippen LogP contribution in [0.2, 0.25) is 5.02 Å². The molecule has 0 amide bonds. The van der Waals surface area contributed by atoms with Crippen molar-refractivity contribution in [3.8, 4) is 23.0 Å². The Kier molecular flexibility index (Phi) is 5.32. The van der Waals surface area contributed by atoms with Crippen molar-refractivity contribution in [1.29, 1.82) is 0 Å². The number of fused-ring (bicyclic) bond motifs is 1. The van der Waals surface area contributed by atoms with E-state index in [1.165, 1.54) is 12.3 Å². The summed E-state index contributed by atoms with van der Waals surface area (Å²) in [6.45, 7) is 6.84. The highest BCUT2D eigenvalue weighted by molar-refractivity contribution is 6.30. The van der Waals surface area contributed by atoms with Gasteiger partial charge in [0, 0.05) is 28.0 Å². The molecular weight excluding hydrogens is 445 g/mol. The molecule has 0 fully saturated rings. The third kappa shape index (κ3) is 3.56. The molecule has 0 aliphatic rings. The maximum absolute atomic E-state index is 15.3. The number of aromatic amines is 1. The molecule has 6 nitrogen and oxygen atoms in total. The van der Waals surface area contributed by atoms with E-state index >= 15 is 4.39 Å². The molecule has 0 unspecified atom stereocenters. The third-order valence-corrected chi connectivity index (χ3v) is 5.32. The molecule has 0 aliphatic carbocycles. The second-order valence-corrected chi connectivity index (χ2v) is 8.58. The summed E-state index contributed by atoms with van der Waals surface area (Å²) in [6, 6.07) is 4.72. The molecule has 0 aliphatic heterocycles. The van der Waals surface area contributed by atoms with Crippen LogP contribution < -0.4 is 4.74 Å². The van der Waals surface area contributed by atoms with Crippen LogP contribution >= 0.6 is 11.6 Å². The number of ether oxygens (including phenoxy) is 1. The summed E-state index contributed by atoms with van der Waals surface area (Å²) < 4.78 is 51.2. The SMILES string of the molecule is CC(C)n1c(-c2ccc3c(O)[nH]cc3c2F)nnc1C(C)(C)Oc1c(F)cc(Cl)cc1F. The Morgan fingerprint density at radius 3 is 2.38 bits per heavy atom. The highest BCUT2D eigenvalue weighted by atomic mass is 35.5. The Hall–Kier alpha value is -3.20. The number of hydrogen-bond donors (Lipinski definition) is 2. The molecule has 4 rings (SSSR count). The summed E-state index contributed by atoms with van der Waals surface area (Å²) in [5.74, 6) is -2.79. The van der Waals surface area contributed by atoms with Crippen LogP contribution in [0.15, 0.2) is 30.5 Å². The van der Waals surface area contributed by atoms with Crippen LogP contribution in [0.5, 0.6) is 11.6 Å². The first-order chi connectivity index (χ1) is 15.0. The Morgan fingerprint density at radius 1 is 1.09 bits per heavy atom. The monoisotopic (exact) mass is 464 g/mol. The molecule has 10 heteroatoms. The zero-order valence-corrected chi connectivity index (χ0v) is 18.4. The highest BCUT2D eigenvalue weighted by Gasteiger charge is 2.34. The lowest BCUT2D eigenvalue weighted by atomic mass is 10.1. The predicted octanol–water partition coefficient (Wildman–Crippen LogP) is 6.10. The van der Waals surface area contributed by atoms with Crippen molar-refractivity contribution in [2.24, 2.45) is 0 Å². The van der Waals surface area contributed by atoms with Crippen molar-refractivity contribution in [3.05, 3.63) is 58.8 Å².